The maximum Gasteiger partial charge on any atom is 0.189 e. The highest BCUT2D eigenvalue weighted by molar-refractivity contribution is 7.91. The molecule has 0 aromatic heterocycles. The van der Waals surface area contributed by atoms with Crippen molar-refractivity contribution in [2.24, 2.45) is 0 Å². The van der Waals surface area contributed by atoms with E-state index in [4.69, 9.17) is 0 Å². The van der Waals surface area contributed by atoms with Crippen molar-refractivity contribution in [3.63, 3.8) is 0 Å². The highest BCUT2D eigenvalue weighted by Crippen LogP contribution is 2.37. The zero-order chi connectivity index (χ0) is 26.8. The maximum atomic E-state index is 14.0. The minimum absolute atomic E-state index is 0.302. The predicted molar refractivity (Wildman–Crippen MR) is 158 cm³/mol. The van der Waals surface area contributed by atoms with Gasteiger partial charge in [-0.15, -0.1) is 26.3 Å². The minimum atomic E-state index is -3.72. The van der Waals surface area contributed by atoms with Crippen LogP contribution in [0.15, 0.2) is 128 Å². The van der Waals surface area contributed by atoms with Crippen LogP contribution in [-0.2, 0) is 9.84 Å². The Balaban J connectivity index is 2.08. The average molecular weight is 513 g/mol. The van der Waals surface area contributed by atoms with Crippen LogP contribution in [0.4, 0.5) is 11.4 Å². The zero-order valence-electron chi connectivity index (χ0n) is 21.6. The molecule has 0 aliphatic carbocycles. The fourth-order valence-corrected chi connectivity index (χ4v) is 6.15. The van der Waals surface area contributed by atoms with E-state index >= 15 is 0 Å². The number of aryl methyl sites for hydroxylation is 1. The fraction of sp³-hybridized carbons (Fsp3) is 0.188. The third-order valence-electron chi connectivity index (χ3n) is 6.18. The normalized spacial score (nSPS) is 11.1. The highest BCUT2D eigenvalue weighted by Gasteiger charge is 2.31. The summed E-state index contributed by atoms with van der Waals surface area (Å²) in [5, 5.41) is -0.849. The first-order valence-corrected chi connectivity index (χ1v) is 13.8. The number of hydrogen-bond acceptors (Lipinski definition) is 4. The molecule has 192 valence electrons. The second-order valence-electron chi connectivity index (χ2n) is 8.89. The van der Waals surface area contributed by atoms with E-state index < -0.39 is 15.1 Å². The van der Waals surface area contributed by atoms with Crippen LogP contribution in [0.3, 0.4) is 0 Å². The smallest absolute Gasteiger partial charge is 0.189 e. The SMILES string of the molecule is C=CCN(CC=C)c1ccc(C(c2ccc(N(CC=C)CC=C)cc2)S(=O)(=O)c2ccc(C)cc2)cc1. The molecule has 3 rings (SSSR count). The van der Waals surface area contributed by atoms with Gasteiger partial charge in [-0.05, 0) is 54.4 Å². The number of nitrogens with zero attached hydrogens (tertiary/aromatic N) is 2. The Morgan fingerprint density at radius 2 is 0.973 bits per heavy atom. The van der Waals surface area contributed by atoms with E-state index in [1.807, 2.05) is 91.9 Å². The molecular weight excluding hydrogens is 476 g/mol. The summed E-state index contributed by atoms with van der Waals surface area (Å²) in [6.45, 7) is 20.0. The molecule has 0 N–H and O–H groups in total. The van der Waals surface area contributed by atoms with Gasteiger partial charge in [0.1, 0.15) is 5.25 Å². The summed E-state index contributed by atoms with van der Waals surface area (Å²) < 4.78 is 28.0. The van der Waals surface area contributed by atoms with E-state index in [1.54, 1.807) is 12.1 Å². The van der Waals surface area contributed by atoms with E-state index in [2.05, 4.69) is 36.1 Å². The van der Waals surface area contributed by atoms with Crippen molar-refractivity contribution < 1.29 is 8.42 Å². The molecule has 0 saturated heterocycles. The summed E-state index contributed by atoms with van der Waals surface area (Å²) in [5.74, 6) is 0. The van der Waals surface area contributed by atoms with Crippen molar-refractivity contribution in [3.8, 4) is 0 Å². The quantitative estimate of drug-likeness (QED) is 0.220. The van der Waals surface area contributed by atoms with Gasteiger partial charge in [-0.1, -0.05) is 66.3 Å². The van der Waals surface area contributed by atoms with Crippen molar-refractivity contribution in [2.45, 2.75) is 17.1 Å². The van der Waals surface area contributed by atoms with Crippen LogP contribution >= 0.6 is 0 Å². The monoisotopic (exact) mass is 512 g/mol. The minimum Gasteiger partial charge on any atom is -0.364 e. The van der Waals surface area contributed by atoms with Crippen LogP contribution in [0.1, 0.15) is 21.9 Å². The lowest BCUT2D eigenvalue weighted by atomic mass is 10.0. The van der Waals surface area contributed by atoms with Gasteiger partial charge in [0.2, 0.25) is 0 Å². The molecule has 0 atom stereocenters. The maximum absolute atomic E-state index is 14.0. The van der Waals surface area contributed by atoms with Gasteiger partial charge < -0.3 is 9.80 Å². The van der Waals surface area contributed by atoms with Crippen LogP contribution in [0.25, 0.3) is 0 Å². The molecule has 3 aromatic rings. The van der Waals surface area contributed by atoms with Gasteiger partial charge in [0, 0.05) is 37.6 Å². The first kappa shape index (κ1) is 27.8. The van der Waals surface area contributed by atoms with Crippen molar-refractivity contribution in [2.75, 3.05) is 36.0 Å². The van der Waals surface area contributed by atoms with Gasteiger partial charge in [0.15, 0.2) is 9.84 Å². The van der Waals surface area contributed by atoms with E-state index in [0.717, 1.165) is 16.9 Å². The molecule has 0 aliphatic heterocycles. The van der Waals surface area contributed by atoms with Crippen molar-refractivity contribution in [1.29, 1.82) is 0 Å². The van der Waals surface area contributed by atoms with Crippen LogP contribution < -0.4 is 9.80 Å². The van der Waals surface area contributed by atoms with Crippen LogP contribution in [0.5, 0.6) is 0 Å². The van der Waals surface area contributed by atoms with E-state index in [1.165, 1.54) is 0 Å². The Bertz CT molecular complexity index is 1220. The van der Waals surface area contributed by atoms with Crippen LogP contribution in [0.2, 0.25) is 0 Å². The molecule has 3 aromatic carbocycles. The van der Waals surface area contributed by atoms with Crippen LogP contribution in [0, 0.1) is 6.92 Å². The Morgan fingerprint density at radius 1 is 0.622 bits per heavy atom. The van der Waals surface area contributed by atoms with Gasteiger partial charge >= 0.3 is 0 Å². The Morgan fingerprint density at radius 3 is 1.30 bits per heavy atom. The van der Waals surface area contributed by atoms with Crippen molar-refractivity contribution >= 4 is 21.2 Å². The standard InChI is InChI=1S/C32H36N2O2S/c1-6-22-33(23-7-2)29-16-12-27(13-17-29)32(37(35,36)31-20-10-26(5)11-21-31)28-14-18-30(19-15-28)34(24-8-3)25-9-4/h6-21,32H,1-4,22-25H2,5H3. The molecule has 0 unspecified atom stereocenters. The third kappa shape index (κ3) is 6.69. The summed E-state index contributed by atoms with van der Waals surface area (Å²) in [5.41, 5.74) is 4.40. The first-order valence-electron chi connectivity index (χ1n) is 12.3. The largest absolute Gasteiger partial charge is 0.364 e. The Labute approximate surface area is 222 Å². The summed E-state index contributed by atoms with van der Waals surface area (Å²) in [6.07, 6.45) is 7.36. The molecule has 0 aliphatic rings. The van der Waals surface area contributed by atoms with Gasteiger partial charge in [-0.2, -0.15) is 0 Å². The van der Waals surface area contributed by atoms with Crippen molar-refractivity contribution in [3.05, 3.63) is 140 Å². The second kappa shape index (κ2) is 12.9. The summed E-state index contributed by atoms with van der Waals surface area (Å²) in [4.78, 5) is 4.54. The lowest BCUT2D eigenvalue weighted by Gasteiger charge is -2.25. The third-order valence-corrected chi connectivity index (χ3v) is 8.27. The number of rotatable bonds is 14. The second-order valence-corrected chi connectivity index (χ2v) is 10.9. The molecular formula is C32H36N2O2S. The topological polar surface area (TPSA) is 40.6 Å². The van der Waals surface area contributed by atoms with Gasteiger partial charge in [0.05, 0.1) is 4.90 Å². The van der Waals surface area contributed by atoms with Gasteiger partial charge in [-0.3, -0.25) is 0 Å². The van der Waals surface area contributed by atoms with Gasteiger partial charge in [-0.25, -0.2) is 8.42 Å². The number of hydrogen-bond donors (Lipinski definition) is 0. The average Bonchev–Trinajstić information content (AvgIpc) is 2.90. The molecule has 0 amide bonds. The molecule has 37 heavy (non-hydrogen) atoms. The molecule has 0 heterocycles. The fourth-order valence-electron chi connectivity index (χ4n) is 4.33. The lowest BCUT2D eigenvalue weighted by molar-refractivity contribution is 0.589. The zero-order valence-corrected chi connectivity index (χ0v) is 22.4. The number of benzene rings is 3. The summed E-state index contributed by atoms with van der Waals surface area (Å²) in [6, 6.07) is 22.5. The predicted octanol–water partition coefficient (Wildman–Crippen LogP) is 6.92. The Kier molecular flexibility index (Phi) is 9.70. The highest BCUT2D eigenvalue weighted by atomic mass is 32.2. The first-order chi connectivity index (χ1) is 17.8. The molecule has 0 spiro atoms. The molecule has 0 radical (unpaired) electrons. The van der Waals surface area contributed by atoms with E-state index in [0.29, 0.717) is 42.2 Å². The molecule has 4 nitrogen and oxygen atoms in total. The van der Waals surface area contributed by atoms with E-state index in [-0.39, 0.29) is 0 Å². The van der Waals surface area contributed by atoms with Gasteiger partial charge in [0.25, 0.3) is 0 Å². The van der Waals surface area contributed by atoms with E-state index in [9.17, 15) is 8.42 Å². The summed E-state index contributed by atoms with van der Waals surface area (Å²) in [7, 11) is -3.72. The van der Waals surface area contributed by atoms with Crippen LogP contribution in [-0.4, -0.2) is 34.6 Å². The Hall–Kier alpha value is -3.83. The van der Waals surface area contributed by atoms with Crippen molar-refractivity contribution in [1.82, 2.24) is 0 Å². The lowest BCUT2D eigenvalue weighted by Crippen LogP contribution is -2.23. The molecule has 0 fully saturated rings. The number of sulfone groups is 1. The summed E-state index contributed by atoms with van der Waals surface area (Å²) >= 11 is 0. The number of anilines is 2. The molecule has 0 saturated carbocycles. The molecule has 5 heteroatoms. The molecule has 0 bridgehead atoms.